The number of phenols is 2. The molecule has 0 saturated heterocycles. The van der Waals surface area contributed by atoms with Crippen LogP contribution < -0.4 is 0 Å². The molecule has 4 aromatic carbocycles. The number of aromatic hydroxyl groups is 2. The predicted molar refractivity (Wildman–Crippen MR) is 221 cm³/mol. The third-order valence-electron chi connectivity index (χ3n) is 9.97. The van der Waals surface area contributed by atoms with Crippen molar-refractivity contribution in [2.45, 2.75) is 130 Å². The Hall–Kier alpha value is -2.06. The maximum absolute atomic E-state index is 12.1. The summed E-state index contributed by atoms with van der Waals surface area (Å²) in [5.74, 6) is 0.814. The fourth-order valence-corrected chi connectivity index (χ4v) is 8.01. The summed E-state index contributed by atoms with van der Waals surface area (Å²) in [5, 5.41) is 24.1. The molecule has 0 radical (unpaired) electrons. The normalized spacial score (nSPS) is 14.3. The first-order chi connectivity index (χ1) is 21.9. The average Bonchev–Trinajstić information content (AvgIpc) is 2.93. The van der Waals surface area contributed by atoms with Crippen molar-refractivity contribution < 1.29 is 10.2 Å². The molecule has 0 aliphatic heterocycles. The molecule has 0 aromatic heterocycles. The molecule has 256 valence electrons. The lowest BCUT2D eigenvalue weighted by Gasteiger charge is -2.27. The van der Waals surface area contributed by atoms with E-state index < -0.39 is 0 Å². The molecule has 4 aromatic rings. The Kier molecular flexibility index (Phi) is 10.0. The third kappa shape index (κ3) is 7.80. The highest BCUT2D eigenvalue weighted by atomic mass is 127. The molecular weight excluding hydrogens is 814 g/mol. The van der Waals surface area contributed by atoms with Gasteiger partial charge in [0.15, 0.2) is 0 Å². The summed E-state index contributed by atoms with van der Waals surface area (Å²) < 4.78 is 2.40. The van der Waals surface area contributed by atoms with E-state index in [1.807, 2.05) is 0 Å². The number of hydrogen-bond acceptors (Lipinski definition) is 2. The maximum atomic E-state index is 12.1. The fourth-order valence-electron chi connectivity index (χ4n) is 6.63. The van der Waals surface area contributed by atoms with Gasteiger partial charge in [0.2, 0.25) is 0 Å². The van der Waals surface area contributed by atoms with E-state index in [9.17, 15) is 10.2 Å². The van der Waals surface area contributed by atoms with E-state index in [0.29, 0.717) is 37.2 Å². The number of rotatable bonds is 0. The van der Waals surface area contributed by atoms with E-state index >= 15 is 0 Å². The second-order valence-electron chi connectivity index (χ2n) is 18.2. The zero-order valence-electron chi connectivity index (χ0n) is 31.1. The van der Waals surface area contributed by atoms with E-state index in [1.165, 1.54) is 51.6 Å². The lowest BCUT2D eigenvalue weighted by atomic mass is 9.79. The van der Waals surface area contributed by atoms with Gasteiger partial charge in [-0.2, -0.15) is 0 Å². The summed E-state index contributed by atoms with van der Waals surface area (Å²) in [6.07, 6.45) is 2.56. The quantitative estimate of drug-likeness (QED) is 0.152. The predicted octanol–water partition coefficient (Wildman–Crippen LogP) is 12.2. The molecule has 0 fully saturated rings. The standard InChI is InChI=1S/C44H54I2O2/c1-41(2,3)33-17-25-13-29-21-35(43(7,8)9)23-31(39(29)47)15-27-19-34(42(4,5)6)20-28(38(27)46)16-32-24-36(44(10,11)12)22-30(40(32)48)14-26(18-33)37(25)45/h17-24,47-48H,13-16H2,1-12H3. The van der Waals surface area contributed by atoms with Gasteiger partial charge in [-0.25, -0.2) is 0 Å². The molecular formula is C44H54I2O2. The van der Waals surface area contributed by atoms with Crippen molar-refractivity contribution in [3.63, 3.8) is 0 Å². The van der Waals surface area contributed by atoms with Crippen LogP contribution in [0.2, 0.25) is 0 Å². The van der Waals surface area contributed by atoms with Crippen molar-refractivity contribution in [1.29, 1.82) is 0 Å². The van der Waals surface area contributed by atoms with Crippen LogP contribution in [0.1, 0.15) is 150 Å². The van der Waals surface area contributed by atoms with E-state index in [2.05, 4.69) is 177 Å². The molecule has 4 heteroatoms. The minimum absolute atomic E-state index is 0.0558. The van der Waals surface area contributed by atoms with Crippen molar-refractivity contribution in [3.8, 4) is 11.5 Å². The highest BCUT2D eigenvalue weighted by molar-refractivity contribution is 14.1. The lowest BCUT2D eigenvalue weighted by molar-refractivity contribution is 0.461. The van der Waals surface area contributed by atoms with Gasteiger partial charge < -0.3 is 10.2 Å². The van der Waals surface area contributed by atoms with Gasteiger partial charge in [-0.1, -0.05) is 132 Å². The molecule has 1 aliphatic rings. The van der Waals surface area contributed by atoms with Crippen LogP contribution in [0, 0.1) is 7.14 Å². The second kappa shape index (κ2) is 12.9. The SMILES string of the molecule is CC(C)(C)c1cc2c(O)c(c1)Cc1cc(C(C)(C)C)cc(c1I)Cc1cc(C(C)(C)C)cc(c1O)Cc1cc(C(C)(C)C)cc(c1I)C2. The summed E-state index contributed by atoms with van der Waals surface area (Å²) in [7, 11) is 0. The van der Waals surface area contributed by atoms with Crippen LogP contribution >= 0.6 is 45.2 Å². The van der Waals surface area contributed by atoms with Crippen LogP contribution in [0.4, 0.5) is 0 Å². The van der Waals surface area contributed by atoms with E-state index in [-0.39, 0.29) is 21.7 Å². The first kappa shape index (κ1) is 37.2. The molecule has 0 saturated carbocycles. The Morgan fingerprint density at radius 2 is 0.521 bits per heavy atom. The average molecular weight is 869 g/mol. The number of hydrogen-bond donors (Lipinski definition) is 2. The molecule has 0 spiro atoms. The molecule has 0 amide bonds. The largest absolute Gasteiger partial charge is 0.507 e. The van der Waals surface area contributed by atoms with Gasteiger partial charge in [0.1, 0.15) is 11.5 Å². The highest BCUT2D eigenvalue weighted by Gasteiger charge is 2.27. The minimum Gasteiger partial charge on any atom is -0.507 e. The first-order valence-electron chi connectivity index (χ1n) is 17.3. The van der Waals surface area contributed by atoms with Crippen LogP contribution in [-0.4, -0.2) is 10.2 Å². The van der Waals surface area contributed by atoms with Crippen molar-refractivity contribution >= 4 is 45.2 Å². The molecule has 48 heavy (non-hydrogen) atoms. The van der Waals surface area contributed by atoms with Gasteiger partial charge in [0, 0.05) is 32.8 Å². The molecule has 0 atom stereocenters. The van der Waals surface area contributed by atoms with Crippen LogP contribution in [0.5, 0.6) is 11.5 Å². The van der Waals surface area contributed by atoms with Gasteiger partial charge in [0.25, 0.3) is 0 Å². The lowest BCUT2D eigenvalue weighted by Crippen LogP contribution is -2.16. The summed E-state index contributed by atoms with van der Waals surface area (Å²) in [4.78, 5) is 0. The van der Waals surface area contributed by atoms with Crippen LogP contribution in [0.15, 0.2) is 48.5 Å². The number of halogens is 2. The second-order valence-corrected chi connectivity index (χ2v) is 20.4. The Morgan fingerprint density at radius 1 is 0.354 bits per heavy atom. The Labute approximate surface area is 317 Å². The molecule has 0 unspecified atom stereocenters. The summed E-state index contributed by atoms with van der Waals surface area (Å²) in [5.41, 5.74) is 13.5. The molecule has 1 aliphatic carbocycles. The number of phenolic OH excluding ortho intramolecular Hbond substituents is 2. The monoisotopic (exact) mass is 868 g/mol. The van der Waals surface area contributed by atoms with E-state index in [1.54, 1.807) is 0 Å². The van der Waals surface area contributed by atoms with Gasteiger partial charge in [-0.15, -0.1) is 0 Å². The summed E-state index contributed by atoms with van der Waals surface area (Å²) in [6, 6.07) is 18.3. The van der Waals surface area contributed by atoms with Gasteiger partial charge in [0.05, 0.1) is 0 Å². The number of benzene rings is 4. The molecule has 8 bridgehead atoms. The minimum atomic E-state index is -0.0692. The van der Waals surface area contributed by atoms with Gasteiger partial charge in [-0.3, -0.25) is 0 Å². The van der Waals surface area contributed by atoms with Crippen molar-refractivity contribution in [2.75, 3.05) is 0 Å². The fraction of sp³-hybridized carbons (Fsp3) is 0.455. The smallest absolute Gasteiger partial charge is 0.122 e. The first-order valence-corrected chi connectivity index (χ1v) is 19.4. The van der Waals surface area contributed by atoms with Crippen LogP contribution in [0.25, 0.3) is 0 Å². The van der Waals surface area contributed by atoms with E-state index in [4.69, 9.17) is 0 Å². The Bertz CT molecular complexity index is 1520. The van der Waals surface area contributed by atoms with Crippen LogP contribution in [0.3, 0.4) is 0 Å². The van der Waals surface area contributed by atoms with Crippen molar-refractivity contribution in [3.05, 3.63) is 122 Å². The Balaban J connectivity index is 1.89. The molecule has 2 nitrogen and oxygen atoms in total. The molecule has 2 N–H and O–H groups in total. The third-order valence-corrected chi connectivity index (χ3v) is 12.7. The molecule has 5 rings (SSSR count). The molecule has 0 heterocycles. The topological polar surface area (TPSA) is 40.5 Å². The summed E-state index contributed by atoms with van der Waals surface area (Å²) in [6.45, 7) is 27.1. The zero-order valence-corrected chi connectivity index (χ0v) is 35.4. The van der Waals surface area contributed by atoms with Crippen molar-refractivity contribution in [2.24, 2.45) is 0 Å². The van der Waals surface area contributed by atoms with E-state index in [0.717, 1.165) is 22.3 Å². The highest BCUT2D eigenvalue weighted by Crippen LogP contribution is 2.41. The zero-order chi connectivity index (χ0) is 35.7. The van der Waals surface area contributed by atoms with Gasteiger partial charge in [-0.05, 0) is 134 Å². The van der Waals surface area contributed by atoms with Gasteiger partial charge >= 0.3 is 0 Å². The van der Waals surface area contributed by atoms with Crippen molar-refractivity contribution in [1.82, 2.24) is 0 Å². The summed E-state index contributed by atoms with van der Waals surface area (Å²) >= 11 is 5.02. The maximum Gasteiger partial charge on any atom is 0.122 e. The Morgan fingerprint density at radius 3 is 0.688 bits per heavy atom. The number of fused-ring (bicyclic) bond motifs is 8. The van der Waals surface area contributed by atoms with Crippen LogP contribution in [-0.2, 0) is 47.3 Å².